The number of carbonyl (C=O) groups excluding carboxylic acids is 1. The predicted octanol–water partition coefficient (Wildman–Crippen LogP) is 1.44. The van der Waals surface area contributed by atoms with Gasteiger partial charge < -0.3 is 4.74 Å². The Morgan fingerprint density at radius 1 is 1.50 bits per heavy atom. The third kappa shape index (κ3) is 3.80. The van der Waals surface area contributed by atoms with Crippen molar-refractivity contribution in [2.75, 3.05) is 6.61 Å². The Morgan fingerprint density at radius 2 is 2.21 bits per heavy atom. The van der Waals surface area contributed by atoms with E-state index in [1.54, 1.807) is 31.5 Å². The molecular weight excluding hydrogens is 180 g/mol. The molecule has 1 heterocycles. The monoisotopic (exact) mass is 192 g/mol. The second-order valence-corrected chi connectivity index (χ2v) is 2.58. The van der Waals surface area contributed by atoms with Gasteiger partial charge in [-0.3, -0.25) is 4.79 Å². The fraction of sp³-hybridized carbons (Fsp3) is 0.300. The van der Waals surface area contributed by atoms with Crippen molar-refractivity contribution in [3.63, 3.8) is 0 Å². The van der Waals surface area contributed by atoms with Crippen molar-refractivity contribution in [1.82, 2.24) is 9.97 Å². The first-order valence-corrected chi connectivity index (χ1v) is 4.40. The molecule has 0 spiro atoms. The number of hydrogen-bond donors (Lipinski definition) is 0. The maximum absolute atomic E-state index is 10.9. The van der Waals surface area contributed by atoms with E-state index in [0.29, 0.717) is 6.61 Å². The number of esters is 1. The minimum atomic E-state index is -0.222. The van der Waals surface area contributed by atoms with Crippen LogP contribution in [0.3, 0.4) is 0 Å². The summed E-state index contributed by atoms with van der Waals surface area (Å²) >= 11 is 0. The first-order valence-electron chi connectivity index (χ1n) is 4.40. The van der Waals surface area contributed by atoms with E-state index in [2.05, 4.69) is 9.97 Å². The van der Waals surface area contributed by atoms with Gasteiger partial charge in [-0.2, -0.15) is 0 Å². The SMILES string of the molecule is CCOC(=O)CC=Cc1cncnc1. The molecule has 4 nitrogen and oxygen atoms in total. The Hall–Kier alpha value is -1.71. The third-order valence-corrected chi connectivity index (χ3v) is 1.48. The molecule has 14 heavy (non-hydrogen) atoms. The largest absolute Gasteiger partial charge is 0.466 e. The van der Waals surface area contributed by atoms with Gasteiger partial charge in [0.2, 0.25) is 0 Å². The van der Waals surface area contributed by atoms with Gasteiger partial charge in [0.15, 0.2) is 0 Å². The van der Waals surface area contributed by atoms with Gasteiger partial charge in [0.05, 0.1) is 13.0 Å². The minimum absolute atomic E-state index is 0.222. The summed E-state index contributed by atoms with van der Waals surface area (Å²) < 4.78 is 4.76. The second-order valence-electron chi connectivity index (χ2n) is 2.58. The average molecular weight is 192 g/mol. The number of hydrogen-bond acceptors (Lipinski definition) is 4. The zero-order valence-electron chi connectivity index (χ0n) is 8.01. The van der Waals surface area contributed by atoms with Crippen molar-refractivity contribution in [3.05, 3.63) is 30.4 Å². The van der Waals surface area contributed by atoms with Gasteiger partial charge in [-0.1, -0.05) is 12.2 Å². The van der Waals surface area contributed by atoms with E-state index >= 15 is 0 Å². The van der Waals surface area contributed by atoms with Crippen LogP contribution in [0.5, 0.6) is 0 Å². The van der Waals surface area contributed by atoms with E-state index in [9.17, 15) is 4.79 Å². The summed E-state index contributed by atoms with van der Waals surface area (Å²) in [6.07, 6.45) is 8.61. The Kier molecular flexibility index (Phi) is 4.34. The molecule has 0 aliphatic heterocycles. The van der Waals surface area contributed by atoms with Crippen LogP contribution in [-0.2, 0) is 9.53 Å². The molecular formula is C10H12N2O2. The van der Waals surface area contributed by atoms with Crippen LogP contribution in [-0.4, -0.2) is 22.5 Å². The molecule has 0 bridgehead atoms. The second kappa shape index (κ2) is 5.85. The highest BCUT2D eigenvalue weighted by atomic mass is 16.5. The van der Waals surface area contributed by atoms with E-state index in [1.807, 2.05) is 0 Å². The molecule has 0 N–H and O–H groups in total. The maximum atomic E-state index is 10.9. The third-order valence-electron chi connectivity index (χ3n) is 1.48. The lowest BCUT2D eigenvalue weighted by Crippen LogP contribution is -2.01. The molecule has 0 unspecified atom stereocenters. The van der Waals surface area contributed by atoms with Gasteiger partial charge in [-0.25, -0.2) is 9.97 Å². The Bertz CT molecular complexity index is 309. The first kappa shape index (κ1) is 10.4. The highest BCUT2D eigenvalue weighted by molar-refractivity contribution is 5.72. The van der Waals surface area contributed by atoms with Crippen molar-refractivity contribution < 1.29 is 9.53 Å². The number of carbonyl (C=O) groups is 1. The zero-order chi connectivity index (χ0) is 10.2. The summed E-state index contributed by atoms with van der Waals surface area (Å²) in [5.74, 6) is -0.222. The highest BCUT2D eigenvalue weighted by Crippen LogP contribution is 1.98. The van der Waals surface area contributed by atoms with Gasteiger partial charge in [0.25, 0.3) is 0 Å². The quantitative estimate of drug-likeness (QED) is 0.677. The van der Waals surface area contributed by atoms with E-state index in [4.69, 9.17) is 4.74 Å². The van der Waals surface area contributed by atoms with Crippen LogP contribution in [0, 0.1) is 0 Å². The lowest BCUT2D eigenvalue weighted by atomic mass is 10.3. The number of rotatable bonds is 4. The molecule has 0 radical (unpaired) electrons. The lowest BCUT2D eigenvalue weighted by Gasteiger charge is -1.96. The van der Waals surface area contributed by atoms with Crippen molar-refractivity contribution in [1.29, 1.82) is 0 Å². The van der Waals surface area contributed by atoms with E-state index < -0.39 is 0 Å². The molecule has 1 rings (SSSR count). The van der Waals surface area contributed by atoms with Gasteiger partial charge in [0, 0.05) is 18.0 Å². The van der Waals surface area contributed by atoms with E-state index in [-0.39, 0.29) is 12.4 Å². The zero-order valence-corrected chi connectivity index (χ0v) is 8.01. The average Bonchev–Trinajstić information content (AvgIpc) is 2.20. The van der Waals surface area contributed by atoms with Crippen LogP contribution in [0.1, 0.15) is 18.9 Å². The van der Waals surface area contributed by atoms with Crippen LogP contribution in [0.25, 0.3) is 6.08 Å². The molecule has 0 atom stereocenters. The summed E-state index contributed by atoms with van der Waals surface area (Å²) in [5, 5.41) is 0. The topological polar surface area (TPSA) is 52.1 Å². The molecule has 1 aromatic heterocycles. The summed E-state index contributed by atoms with van der Waals surface area (Å²) in [4.78, 5) is 18.6. The molecule has 0 saturated heterocycles. The van der Waals surface area contributed by atoms with Crippen molar-refractivity contribution in [3.8, 4) is 0 Å². The highest BCUT2D eigenvalue weighted by Gasteiger charge is 1.95. The Labute approximate surface area is 82.6 Å². The van der Waals surface area contributed by atoms with Crippen molar-refractivity contribution in [2.24, 2.45) is 0 Å². The molecule has 0 amide bonds. The Balaban J connectivity index is 2.38. The molecule has 0 aliphatic carbocycles. The van der Waals surface area contributed by atoms with Crippen LogP contribution in [0.4, 0.5) is 0 Å². The van der Waals surface area contributed by atoms with Crippen LogP contribution < -0.4 is 0 Å². The van der Waals surface area contributed by atoms with Crippen molar-refractivity contribution >= 4 is 12.0 Å². The maximum Gasteiger partial charge on any atom is 0.309 e. The van der Waals surface area contributed by atoms with Gasteiger partial charge in [-0.15, -0.1) is 0 Å². The molecule has 74 valence electrons. The fourth-order valence-corrected chi connectivity index (χ4v) is 0.908. The first-order chi connectivity index (χ1) is 6.83. The number of aromatic nitrogens is 2. The normalized spacial score (nSPS) is 10.4. The molecule has 1 aromatic rings. The standard InChI is InChI=1S/C10H12N2O2/c1-2-14-10(13)5-3-4-9-6-11-8-12-7-9/h3-4,6-8H,2,5H2,1H3. The van der Waals surface area contributed by atoms with Crippen molar-refractivity contribution in [2.45, 2.75) is 13.3 Å². The molecule has 0 aromatic carbocycles. The lowest BCUT2D eigenvalue weighted by molar-refractivity contribution is -0.142. The number of ether oxygens (including phenoxy) is 1. The summed E-state index contributed by atoms with van der Waals surface area (Å²) in [7, 11) is 0. The summed E-state index contributed by atoms with van der Waals surface area (Å²) in [5.41, 5.74) is 0.872. The Morgan fingerprint density at radius 3 is 2.86 bits per heavy atom. The van der Waals surface area contributed by atoms with Gasteiger partial charge in [-0.05, 0) is 6.92 Å². The molecule has 0 saturated carbocycles. The molecule has 0 aliphatic rings. The predicted molar refractivity (Wildman–Crippen MR) is 52.3 cm³/mol. The van der Waals surface area contributed by atoms with Crippen LogP contribution in [0.2, 0.25) is 0 Å². The smallest absolute Gasteiger partial charge is 0.309 e. The summed E-state index contributed by atoms with van der Waals surface area (Å²) in [6.45, 7) is 2.20. The van der Waals surface area contributed by atoms with Gasteiger partial charge >= 0.3 is 5.97 Å². The van der Waals surface area contributed by atoms with Gasteiger partial charge in [0.1, 0.15) is 6.33 Å². The minimum Gasteiger partial charge on any atom is -0.466 e. The van der Waals surface area contributed by atoms with Crippen LogP contribution in [0.15, 0.2) is 24.8 Å². The van der Waals surface area contributed by atoms with E-state index in [1.165, 1.54) is 6.33 Å². The number of nitrogens with zero attached hydrogens (tertiary/aromatic N) is 2. The van der Waals surface area contributed by atoms with E-state index in [0.717, 1.165) is 5.56 Å². The fourth-order valence-electron chi connectivity index (χ4n) is 0.908. The summed E-state index contributed by atoms with van der Waals surface area (Å²) in [6, 6.07) is 0. The molecule has 0 fully saturated rings. The van der Waals surface area contributed by atoms with Crippen LogP contribution >= 0.6 is 0 Å². The molecule has 4 heteroatoms.